The van der Waals surface area contributed by atoms with Crippen LogP contribution in [0.2, 0.25) is 0 Å². The molecule has 2 atom stereocenters. The zero-order valence-electron chi connectivity index (χ0n) is 9.82. The monoisotopic (exact) mass is 228 g/mol. The number of carboxylic acids is 1. The second-order valence-corrected chi connectivity index (χ2v) is 3.75. The number of amides is 2. The number of aliphatic carboxylic acids is 1. The number of carboxylic acid groups (broad SMARTS) is 1. The minimum Gasteiger partial charge on any atom is -0.481 e. The van der Waals surface area contributed by atoms with Gasteiger partial charge in [0.1, 0.15) is 0 Å². The molecule has 92 valence electrons. The Bertz CT molecular complexity index is 254. The highest BCUT2D eigenvalue weighted by atomic mass is 16.4. The van der Waals surface area contributed by atoms with Crippen LogP contribution in [0, 0.1) is 0 Å². The third-order valence-corrected chi connectivity index (χ3v) is 2.15. The summed E-state index contributed by atoms with van der Waals surface area (Å²) in [6.45, 7) is 7.27. The van der Waals surface area contributed by atoms with Gasteiger partial charge in [0.25, 0.3) is 0 Å². The summed E-state index contributed by atoms with van der Waals surface area (Å²) in [7, 11) is 0. The average Bonchev–Trinajstić information content (AvgIpc) is 2.15. The SMILES string of the molecule is C=CCC(C)NC(=O)NC(CC)CC(=O)O. The summed E-state index contributed by atoms with van der Waals surface area (Å²) in [5.41, 5.74) is 0. The molecule has 0 bridgehead atoms. The van der Waals surface area contributed by atoms with Gasteiger partial charge in [0.2, 0.25) is 0 Å². The Kier molecular flexibility index (Phi) is 7.00. The number of rotatable bonds is 7. The number of hydrogen-bond acceptors (Lipinski definition) is 2. The van der Waals surface area contributed by atoms with Crippen molar-refractivity contribution in [2.75, 3.05) is 0 Å². The molecule has 0 aliphatic heterocycles. The predicted molar refractivity (Wildman–Crippen MR) is 62.3 cm³/mol. The highest BCUT2D eigenvalue weighted by Gasteiger charge is 2.14. The quantitative estimate of drug-likeness (QED) is 0.578. The Morgan fingerprint density at radius 3 is 2.50 bits per heavy atom. The fourth-order valence-corrected chi connectivity index (χ4v) is 1.27. The fourth-order valence-electron chi connectivity index (χ4n) is 1.27. The molecule has 0 aromatic heterocycles. The van der Waals surface area contributed by atoms with Gasteiger partial charge in [-0.05, 0) is 19.8 Å². The van der Waals surface area contributed by atoms with Gasteiger partial charge in [0, 0.05) is 12.1 Å². The molecule has 0 fully saturated rings. The normalized spacial score (nSPS) is 13.6. The lowest BCUT2D eigenvalue weighted by molar-refractivity contribution is -0.137. The molecule has 2 unspecified atom stereocenters. The Labute approximate surface area is 95.9 Å². The van der Waals surface area contributed by atoms with E-state index in [9.17, 15) is 9.59 Å². The zero-order valence-corrected chi connectivity index (χ0v) is 9.82. The van der Waals surface area contributed by atoms with E-state index >= 15 is 0 Å². The van der Waals surface area contributed by atoms with E-state index in [1.807, 2.05) is 13.8 Å². The lowest BCUT2D eigenvalue weighted by atomic mass is 10.1. The van der Waals surface area contributed by atoms with Crippen molar-refractivity contribution < 1.29 is 14.7 Å². The minimum atomic E-state index is -0.911. The molecule has 0 aromatic rings. The molecule has 5 nitrogen and oxygen atoms in total. The number of carbonyl (C=O) groups excluding carboxylic acids is 1. The zero-order chi connectivity index (χ0) is 12.6. The van der Waals surface area contributed by atoms with Gasteiger partial charge in [-0.15, -0.1) is 6.58 Å². The summed E-state index contributed by atoms with van der Waals surface area (Å²) in [6, 6.07) is -0.657. The van der Waals surface area contributed by atoms with E-state index < -0.39 is 5.97 Å². The van der Waals surface area contributed by atoms with E-state index in [0.29, 0.717) is 12.8 Å². The Balaban J connectivity index is 4.00. The molecule has 0 radical (unpaired) electrons. The smallest absolute Gasteiger partial charge is 0.315 e. The number of hydrogen-bond donors (Lipinski definition) is 3. The summed E-state index contributed by atoms with van der Waals surface area (Å²) in [6.07, 6.45) is 2.94. The standard InChI is InChI=1S/C11H20N2O3/c1-4-6-8(3)12-11(16)13-9(5-2)7-10(14)15/h4,8-9H,1,5-7H2,2-3H3,(H,14,15)(H2,12,13,16). The van der Waals surface area contributed by atoms with Gasteiger partial charge in [-0.1, -0.05) is 13.0 Å². The molecular weight excluding hydrogens is 208 g/mol. The van der Waals surface area contributed by atoms with Gasteiger partial charge in [0.15, 0.2) is 0 Å². The average molecular weight is 228 g/mol. The molecule has 0 aliphatic rings. The van der Waals surface area contributed by atoms with Gasteiger partial charge < -0.3 is 15.7 Å². The molecule has 3 N–H and O–H groups in total. The van der Waals surface area contributed by atoms with Crippen molar-refractivity contribution in [3.63, 3.8) is 0 Å². The first-order valence-electron chi connectivity index (χ1n) is 5.39. The van der Waals surface area contributed by atoms with Crippen molar-refractivity contribution in [1.29, 1.82) is 0 Å². The topological polar surface area (TPSA) is 78.4 Å². The van der Waals surface area contributed by atoms with E-state index in [0.717, 1.165) is 0 Å². The molecule has 0 heterocycles. The molecule has 2 amide bonds. The van der Waals surface area contributed by atoms with E-state index in [1.165, 1.54) is 0 Å². The van der Waals surface area contributed by atoms with Crippen LogP contribution in [0.25, 0.3) is 0 Å². The maximum atomic E-state index is 11.4. The van der Waals surface area contributed by atoms with Crippen molar-refractivity contribution in [3.05, 3.63) is 12.7 Å². The lowest BCUT2D eigenvalue weighted by Gasteiger charge is -2.18. The molecular formula is C11H20N2O3. The maximum absolute atomic E-state index is 11.4. The van der Waals surface area contributed by atoms with Crippen LogP contribution in [0.5, 0.6) is 0 Å². The highest BCUT2D eigenvalue weighted by molar-refractivity contribution is 5.75. The molecule has 16 heavy (non-hydrogen) atoms. The highest BCUT2D eigenvalue weighted by Crippen LogP contribution is 1.98. The van der Waals surface area contributed by atoms with Gasteiger partial charge in [0.05, 0.1) is 6.42 Å². The van der Waals surface area contributed by atoms with Crippen LogP contribution >= 0.6 is 0 Å². The van der Waals surface area contributed by atoms with Gasteiger partial charge in [-0.2, -0.15) is 0 Å². The summed E-state index contributed by atoms with van der Waals surface area (Å²) in [5, 5.41) is 13.9. The number of carbonyl (C=O) groups is 2. The largest absolute Gasteiger partial charge is 0.481 e. The molecule has 0 aliphatic carbocycles. The van der Waals surface area contributed by atoms with Crippen molar-refractivity contribution in [2.24, 2.45) is 0 Å². The molecule has 0 rings (SSSR count). The third-order valence-electron chi connectivity index (χ3n) is 2.15. The molecule has 0 saturated heterocycles. The van der Waals surface area contributed by atoms with Crippen LogP contribution in [-0.4, -0.2) is 29.2 Å². The van der Waals surface area contributed by atoms with Gasteiger partial charge in [-0.3, -0.25) is 4.79 Å². The minimum absolute atomic E-state index is 0.000154. The second-order valence-electron chi connectivity index (χ2n) is 3.75. The van der Waals surface area contributed by atoms with Crippen LogP contribution in [0.1, 0.15) is 33.1 Å². The fraction of sp³-hybridized carbons (Fsp3) is 0.636. The van der Waals surface area contributed by atoms with Crippen molar-refractivity contribution in [1.82, 2.24) is 10.6 Å². The van der Waals surface area contributed by atoms with Crippen LogP contribution in [0.15, 0.2) is 12.7 Å². The second kappa shape index (κ2) is 7.73. The lowest BCUT2D eigenvalue weighted by Crippen LogP contribution is -2.45. The van der Waals surface area contributed by atoms with E-state index in [-0.39, 0.29) is 24.5 Å². The Hall–Kier alpha value is -1.52. The Morgan fingerprint density at radius 2 is 2.06 bits per heavy atom. The first-order valence-corrected chi connectivity index (χ1v) is 5.39. The first kappa shape index (κ1) is 14.5. The van der Waals surface area contributed by atoms with Gasteiger partial charge >= 0.3 is 12.0 Å². The van der Waals surface area contributed by atoms with Gasteiger partial charge in [-0.25, -0.2) is 4.79 Å². The van der Waals surface area contributed by atoms with Crippen LogP contribution in [-0.2, 0) is 4.79 Å². The van der Waals surface area contributed by atoms with E-state index in [1.54, 1.807) is 6.08 Å². The third kappa shape index (κ3) is 6.86. The maximum Gasteiger partial charge on any atom is 0.315 e. The summed E-state index contributed by atoms with van der Waals surface area (Å²) in [5.74, 6) is -0.911. The number of nitrogens with one attached hydrogen (secondary N) is 2. The predicted octanol–water partition coefficient (Wildman–Crippen LogP) is 1.50. The van der Waals surface area contributed by atoms with Crippen LogP contribution < -0.4 is 10.6 Å². The summed E-state index contributed by atoms with van der Waals surface area (Å²) < 4.78 is 0. The first-order chi connectivity index (χ1) is 7.49. The molecule has 0 saturated carbocycles. The summed E-state index contributed by atoms with van der Waals surface area (Å²) in [4.78, 5) is 21.9. The van der Waals surface area contributed by atoms with Crippen molar-refractivity contribution >= 4 is 12.0 Å². The molecule has 0 spiro atoms. The van der Waals surface area contributed by atoms with E-state index in [4.69, 9.17) is 5.11 Å². The Morgan fingerprint density at radius 1 is 1.44 bits per heavy atom. The van der Waals surface area contributed by atoms with Crippen LogP contribution in [0.4, 0.5) is 4.79 Å². The van der Waals surface area contributed by atoms with Crippen molar-refractivity contribution in [2.45, 2.75) is 45.2 Å². The van der Waals surface area contributed by atoms with E-state index in [2.05, 4.69) is 17.2 Å². The van der Waals surface area contributed by atoms with Crippen molar-refractivity contribution in [3.8, 4) is 0 Å². The number of urea groups is 1. The van der Waals surface area contributed by atoms with Crippen LogP contribution in [0.3, 0.4) is 0 Å². The molecule has 5 heteroatoms. The molecule has 0 aromatic carbocycles. The summed E-state index contributed by atoms with van der Waals surface area (Å²) >= 11 is 0.